The molecule has 0 spiro atoms. The molecule has 2 aromatic carbocycles. The predicted molar refractivity (Wildman–Crippen MR) is 106 cm³/mol. The van der Waals surface area contributed by atoms with Crippen molar-refractivity contribution in [2.45, 2.75) is 19.9 Å². The van der Waals surface area contributed by atoms with Crippen LogP contribution < -0.4 is 10.1 Å². The van der Waals surface area contributed by atoms with Gasteiger partial charge in [-0.25, -0.2) is 8.42 Å². The van der Waals surface area contributed by atoms with Gasteiger partial charge in [0.1, 0.15) is 5.75 Å². The fraction of sp³-hybridized carbons (Fsp3) is 0.350. The van der Waals surface area contributed by atoms with Crippen LogP contribution >= 0.6 is 0 Å². The number of carbonyl (C=O) groups is 1. The highest BCUT2D eigenvalue weighted by Gasteiger charge is 2.20. The molecule has 0 atom stereocenters. The van der Waals surface area contributed by atoms with Crippen molar-refractivity contribution in [1.29, 1.82) is 0 Å². The van der Waals surface area contributed by atoms with Crippen LogP contribution in [0.25, 0.3) is 0 Å². The van der Waals surface area contributed by atoms with Crippen LogP contribution in [0.1, 0.15) is 16.7 Å². The molecule has 0 aliphatic rings. The Hall–Kier alpha value is -2.38. The Morgan fingerprint density at radius 2 is 1.78 bits per heavy atom. The number of carbonyl (C=O) groups excluding carboxylic acids is 1. The zero-order valence-electron chi connectivity index (χ0n) is 15.9. The van der Waals surface area contributed by atoms with Gasteiger partial charge in [0.25, 0.3) is 0 Å². The third-order valence-corrected chi connectivity index (χ3v) is 5.58. The number of benzene rings is 2. The van der Waals surface area contributed by atoms with Crippen LogP contribution in [0.15, 0.2) is 48.5 Å². The molecule has 0 unspecified atom stereocenters. The Kier molecular flexibility index (Phi) is 7.38. The van der Waals surface area contributed by atoms with Gasteiger partial charge in [-0.2, -0.15) is 4.31 Å². The van der Waals surface area contributed by atoms with Crippen LogP contribution in [0.2, 0.25) is 0 Å². The van der Waals surface area contributed by atoms with E-state index in [1.165, 1.54) is 4.31 Å². The third-order valence-electron chi connectivity index (χ3n) is 4.34. The van der Waals surface area contributed by atoms with Crippen LogP contribution in [-0.4, -0.2) is 45.1 Å². The summed E-state index contributed by atoms with van der Waals surface area (Å²) in [6.45, 7) is 2.39. The summed E-state index contributed by atoms with van der Waals surface area (Å²) in [4.78, 5) is 12.2. The molecule has 146 valence electrons. The number of nitrogens with zero attached hydrogens (tertiary/aromatic N) is 1. The average Bonchev–Trinajstić information content (AvgIpc) is 2.64. The molecule has 0 aliphatic heterocycles. The molecule has 6 nitrogen and oxygen atoms in total. The molecule has 0 saturated carbocycles. The molecule has 0 aromatic heterocycles. The van der Waals surface area contributed by atoms with Crippen molar-refractivity contribution in [2.75, 3.05) is 26.5 Å². The first kappa shape index (κ1) is 20.9. The summed E-state index contributed by atoms with van der Waals surface area (Å²) in [5.41, 5.74) is 3.07. The van der Waals surface area contributed by atoms with Gasteiger partial charge >= 0.3 is 0 Å². The van der Waals surface area contributed by atoms with E-state index in [2.05, 4.69) is 5.32 Å². The fourth-order valence-corrected chi connectivity index (χ4v) is 3.40. The van der Waals surface area contributed by atoms with Crippen molar-refractivity contribution in [3.63, 3.8) is 0 Å². The molecular weight excluding hydrogens is 364 g/mol. The standard InChI is InChI=1S/C20H26N2O4S/c1-16-6-4-5-7-18(16)14-21-20(23)15-22(27(3,24)25)13-12-17-8-10-19(26-2)11-9-17/h4-11H,12-15H2,1-3H3,(H,21,23). The summed E-state index contributed by atoms with van der Waals surface area (Å²) in [6, 6.07) is 15.2. The first-order valence-corrected chi connectivity index (χ1v) is 10.5. The lowest BCUT2D eigenvalue weighted by Gasteiger charge is -2.19. The Morgan fingerprint density at radius 3 is 2.37 bits per heavy atom. The second kappa shape index (κ2) is 9.53. The zero-order valence-corrected chi connectivity index (χ0v) is 16.8. The maximum atomic E-state index is 12.2. The Bertz CT molecular complexity index is 864. The van der Waals surface area contributed by atoms with E-state index in [0.717, 1.165) is 28.7 Å². The molecule has 0 saturated heterocycles. The molecule has 2 rings (SSSR count). The van der Waals surface area contributed by atoms with Gasteiger partial charge in [-0.3, -0.25) is 4.79 Å². The second-order valence-corrected chi connectivity index (χ2v) is 8.38. The normalized spacial score (nSPS) is 11.4. The molecule has 0 bridgehead atoms. The minimum atomic E-state index is -3.49. The SMILES string of the molecule is COc1ccc(CCN(CC(=O)NCc2ccccc2C)S(C)(=O)=O)cc1. The number of hydrogen-bond donors (Lipinski definition) is 1. The van der Waals surface area contributed by atoms with Gasteiger partial charge in [-0.15, -0.1) is 0 Å². The summed E-state index contributed by atoms with van der Waals surface area (Å²) in [5.74, 6) is 0.424. The minimum absolute atomic E-state index is 0.194. The van der Waals surface area contributed by atoms with Crippen LogP contribution in [0.4, 0.5) is 0 Å². The van der Waals surface area contributed by atoms with E-state index >= 15 is 0 Å². The predicted octanol–water partition coefficient (Wildman–Crippen LogP) is 2.12. The molecule has 0 heterocycles. The van der Waals surface area contributed by atoms with E-state index in [1.807, 2.05) is 55.5 Å². The van der Waals surface area contributed by atoms with E-state index in [9.17, 15) is 13.2 Å². The molecular formula is C20H26N2O4S. The van der Waals surface area contributed by atoms with E-state index in [1.54, 1.807) is 7.11 Å². The molecule has 2 aromatic rings. The van der Waals surface area contributed by atoms with Gasteiger partial charge < -0.3 is 10.1 Å². The van der Waals surface area contributed by atoms with Gasteiger partial charge in [0, 0.05) is 13.1 Å². The van der Waals surface area contributed by atoms with E-state index in [0.29, 0.717) is 13.0 Å². The number of sulfonamides is 1. The Labute approximate surface area is 161 Å². The van der Waals surface area contributed by atoms with E-state index < -0.39 is 10.0 Å². The van der Waals surface area contributed by atoms with Crippen molar-refractivity contribution in [3.8, 4) is 5.75 Å². The quantitative estimate of drug-likeness (QED) is 0.712. The highest BCUT2D eigenvalue weighted by molar-refractivity contribution is 7.88. The van der Waals surface area contributed by atoms with Gasteiger partial charge in [0.2, 0.25) is 15.9 Å². The fourth-order valence-electron chi connectivity index (χ4n) is 2.63. The number of ether oxygens (including phenoxy) is 1. The average molecular weight is 391 g/mol. The number of rotatable bonds is 9. The Morgan fingerprint density at radius 1 is 1.11 bits per heavy atom. The van der Waals surface area contributed by atoms with Crippen molar-refractivity contribution >= 4 is 15.9 Å². The van der Waals surface area contributed by atoms with Gasteiger partial charge in [0.05, 0.1) is 19.9 Å². The Balaban J connectivity index is 1.93. The van der Waals surface area contributed by atoms with Crippen molar-refractivity contribution in [3.05, 3.63) is 65.2 Å². The van der Waals surface area contributed by atoms with Crippen LogP contribution in [0.3, 0.4) is 0 Å². The molecule has 0 aliphatic carbocycles. The summed E-state index contributed by atoms with van der Waals surface area (Å²) in [5, 5.41) is 2.79. The van der Waals surface area contributed by atoms with Gasteiger partial charge in [0.15, 0.2) is 0 Å². The van der Waals surface area contributed by atoms with Crippen LogP contribution in [0.5, 0.6) is 5.75 Å². The second-order valence-electron chi connectivity index (χ2n) is 6.40. The zero-order chi connectivity index (χ0) is 19.9. The molecule has 1 N–H and O–H groups in total. The van der Waals surface area contributed by atoms with Crippen LogP contribution in [0, 0.1) is 6.92 Å². The molecule has 0 radical (unpaired) electrons. The first-order valence-electron chi connectivity index (χ1n) is 8.69. The number of methoxy groups -OCH3 is 1. The number of amides is 1. The summed E-state index contributed by atoms with van der Waals surface area (Å²) in [7, 11) is -1.89. The summed E-state index contributed by atoms with van der Waals surface area (Å²) < 4.78 is 30.4. The smallest absolute Gasteiger partial charge is 0.235 e. The maximum absolute atomic E-state index is 12.2. The van der Waals surface area contributed by atoms with E-state index in [4.69, 9.17) is 4.74 Å². The van der Waals surface area contributed by atoms with Crippen molar-refractivity contribution < 1.29 is 17.9 Å². The lowest BCUT2D eigenvalue weighted by Crippen LogP contribution is -2.41. The van der Waals surface area contributed by atoms with E-state index in [-0.39, 0.29) is 19.0 Å². The van der Waals surface area contributed by atoms with Crippen molar-refractivity contribution in [2.24, 2.45) is 0 Å². The highest BCUT2D eigenvalue weighted by atomic mass is 32.2. The highest BCUT2D eigenvalue weighted by Crippen LogP contribution is 2.12. The first-order chi connectivity index (χ1) is 12.8. The monoisotopic (exact) mass is 390 g/mol. The molecule has 1 amide bonds. The topological polar surface area (TPSA) is 75.7 Å². The minimum Gasteiger partial charge on any atom is -0.497 e. The molecule has 0 fully saturated rings. The summed E-state index contributed by atoms with van der Waals surface area (Å²) in [6.07, 6.45) is 1.64. The number of aryl methyl sites for hydroxylation is 1. The molecule has 27 heavy (non-hydrogen) atoms. The van der Waals surface area contributed by atoms with Crippen LogP contribution in [-0.2, 0) is 27.8 Å². The largest absolute Gasteiger partial charge is 0.497 e. The van der Waals surface area contributed by atoms with Gasteiger partial charge in [-0.05, 0) is 42.2 Å². The summed E-state index contributed by atoms with van der Waals surface area (Å²) >= 11 is 0. The van der Waals surface area contributed by atoms with Crippen molar-refractivity contribution in [1.82, 2.24) is 9.62 Å². The number of hydrogen-bond acceptors (Lipinski definition) is 4. The third kappa shape index (κ3) is 6.69. The molecule has 7 heteroatoms. The lowest BCUT2D eigenvalue weighted by atomic mass is 10.1. The maximum Gasteiger partial charge on any atom is 0.235 e. The van der Waals surface area contributed by atoms with Gasteiger partial charge in [-0.1, -0.05) is 36.4 Å². The number of nitrogens with one attached hydrogen (secondary N) is 1. The lowest BCUT2D eigenvalue weighted by molar-refractivity contribution is -0.121.